The number of aryl methyl sites for hydroxylation is 2. The van der Waals surface area contributed by atoms with Crippen LogP contribution in [0.1, 0.15) is 43.5 Å². The van der Waals surface area contributed by atoms with Crippen LogP contribution >= 0.6 is 15.9 Å². The van der Waals surface area contributed by atoms with Crippen molar-refractivity contribution in [2.45, 2.75) is 45.4 Å². The van der Waals surface area contributed by atoms with E-state index >= 15 is 0 Å². The maximum Gasteiger partial charge on any atom is 0.0596 e. The molecule has 16 heavy (non-hydrogen) atoms. The Labute approximate surface area is 107 Å². The lowest BCUT2D eigenvalue weighted by Gasteiger charge is -2.35. The van der Waals surface area contributed by atoms with Crippen molar-refractivity contribution in [1.82, 2.24) is 9.78 Å². The molecule has 90 valence electrons. The highest BCUT2D eigenvalue weighted by Gasteiger charge is 2.32. The maximum absolute atomic E-state index is 4.44. The zero-order valence-corrected chi connectivity index (χ0v) is 11.9. The van der Waals surface area contributed by atoms with Crippen LogP contribution in [0.5, 0.6) is 0 Å². The lowest BCUT2D eigenvalue weighted by Crippen LogP contribution is -2.29. The fourth-order valence-electron chi connectivity index (χ4n) is 2.87. The third kappa shape index (κ3) is 2.50. The molecule has 2 rings (SSSR count). The molecule has 3 heteroatoms. The van der Waals surface area contributed by atoms with Gasteiger partial charge < -0.3 is 0 Å². The van der Waals surface area contributed by atoms with Crippen molar-refractivity contribution in [2.24, 2.45) is 12.5 Å². The fourth-order valence-corrected chi connectivity index (χ4v) is 3.63. The molecule has 0 N–H and O–H groups in total. The molecule has 0 atom stereocenters. The van der Waals surface area contributed by atoms with Gasteiger partial charge in [-0.2, -0.15) is 5.10 Å². The standard InChI is InChI=1S/C13H21BrN2/c1-11-8-12(16(2)15-11)9-13(10-14)6-4-3-5-7-13/h8H,3-7,9-10H2,1-2H3. The molecule has 2 nitrogen and oxygen atoms in total. The molecular formula is C13H21BrN2. The van der Waals surface area contributed by atoms with Crippen LogP contribution in [0.2, 0.25) is 0 Å². The molecule has 1 aliphatic carbocycles. The largest absolute Gasteiger partial charge is 0.272 e. The van der Waals surface area contributed by atoms with E-state index in [0.717, 1.165) is 11.0 Å². The molecule has 0 aliphatic heterocycles. The SMILES string of the molecule is Cc1cc(CC2(CBr)CCCCC2)n(C)n1. The smallest absolute Gasteiger partial charge is 0.0596 e. The number of hydrogen-bond donors (Lipinski definition) is 0. The van der Waals surface area contributed by atoms with Crippen LogP contribution in [0.15, 0.2) is 6.07 Å². The molecule has 0 amide bonds. The molecule has 0 bridgehead atoms. The van der Waals surface area contributed by atoms with Gasteiger partial charge in [0, 0.05) is 18.1 Å². The lowest BCUT2D eigenvalue weighted by atomic mass is 9.73. The zero-order valence-electron chi connectivity index (χ0n) is 10.3. The first-order valence-corrected chi connectivity index (χ1v) is 7.33. The summed E-state index contributed by atoms with van der Waals surface area (Å²) in [5.74, 6) is 0. The average Bonchev–Trinajstić information content (AvgIpc) is 2.59. The van der Waals surface area contributed by atoms with E-state index < -0.39 is 0 Å². The van der Waals surface area contributed by atoms with E-state index in [1.165, 1.54) is 44.2 Å². The summed E-state index contributed by atoms with van der Waals surface area (Å²) in [5, 5.41) is 5.57. The first-order valence-electron chi connectivity index (χ1n) is 6.21. The first-order chi connectivity index (χ1) is 7.65. The molecule has 0 unspecified atom stereocenters. The molecule has 1 fully saturated rings. The number of halogens is 1. The molecule has 1 saturated carbocycles. The van der Waals surface area contributed by atoms with Crippen LogP contribution in [0.4, 0.5) is 0 Å². The summed E-state index contributed by atoms with van der Waals surface area (Å²) in [7, 11) is 2.06. The van der Waals surface area contributed by atoms with E-state index in [0.29, 0.717) is 5.41 Å². The number of alkyl halides is 1. The van der Waals surface area contributed by atoms with Crippen LogP contribution < -0.4 is 0 Å². The third-order valence-corrected chi connectivity index (χ3v) is 5.04. The van der Waals surface area contributed by atoms with Crippen LogP contribution in [0, 0.1) is 12.3 Å². The van der Waals surface area contributed by atoms with E-state index in [2.05, 4.69) is 41.1 Å². The monoisotopic (exact) mass is 284 g/mol. The normalized spacial score (nSPS) is 19.9. The molecule has 1 aromatic heterocycles. The highest BCUT2D eigenvalue weighted by atomic mass is 79.9. The van der Waals surface area contributed by atoms with Crippen LogP contribution in [0.3, 0.4) is 0 Å². The van der Waals surface area contributed by atoms with Crippen molar-refractivity contribution in [3.8, 4) is 0 Å². The Kier molecular flexibility index (Phi) is 3.73. The Morgan fingerprint density at radius 1 is 1.38 bits per heavy atom. The number of aromatic nitrogens is 2. The third-order valence-electron chi connectivity index (χ3n) is 3.85. The van der Waals surface area contributed by atoms with Gasteiger partial charge in [-0.05, 0) is 37.7 Å². The molecule has 0 radical (unpaired) electrons. The summed E-state index contributed by atoms with van der Waals surface area (Å²) in [6.07, 6.45) is 8.10. The minimum Gasteiger partial charge on any atom is -0.272 e. The van der Waals surface area contributed by atoms with Crippen molar-refractivity contribution < 1.29 is 0 Å². The molecular weight excluding hydrogens is 264 g/mol. The quantitative estimate of drug-likeness (QED) is 0.776. The molecule has 0 spiro atoms. The number of hydrogen-bond acceptors (Lipinski definition) is 1. The Hall–Kier alpha value is -0.310. The molecule has 0 saturated heterocycles. The second kappa shape index (κ2) is 4.91. The van der Waals surface area contributed by atoms with E-state index in [9.17, 15) is 0 Å². The van der Waals surface area contributed by atoms with Gasteiger partial charge in [0.25, 0.3) is 0 Å². The summed E-state index contributed by atoms with van der Waals surface area (Å²) in [6.45, 7) is 2.07. The first kappa shape index (κ1) is 12.2. The second-order valence-corrected chi connectivity index (χ2v) is 5.83. The maximum atomic E-state index is 4.44. The molecule has 1 aliphatic rings. The predicted molar refractivity (Wildman–Crippen MR) is 71.0 cm³/mol. The van der Waals surface area contributed by atoms with Crippen molar-refractivity contribution in [1.29, 1.82) is 0 Å². The van der Waals surface area contributed by atoms with Gasteiger partial charge >= 0.3 is 0 Å². The van der Waals surface area contributed by atoms with E-state index in [-0.39, 0.29) is 0 Å². The van der Waals surface area contributed by atoms with Crippen LogP contribution in [0.25, 0.3) is 0 Å². The second-order valence-electron chi connectivity index (χ2n) is 5.27. The molecule has 1 aromatic rings. The van der Waals surface area contributed by atoms with Gasteiger partial charge in [0.2, 0.25) is 0 Å². The van der Waals surface area contributed by atoms with Crippen molar-refractivity contribution in [3.05, 3.63) is 17.5 Å². The van der Waals surface area contributed by atoms with Gasteiger partial charge in [0.15, 0.2) is 0 Å². The number of rotatable bonds is 3. The van der Waals surface area contributed by atoms with E-state index in [4.69, 9.17) is 0 Å². The van der Waals surface area contributed by atoms with Gasteiger partial charge in [0.05, 0.1) is 5.69 Å². The number of nitrogens with zero attached hydrogens (tertiary/aromatic N) is 2. The van der Waals surface area contributed by atoms with Crippen LogP contribution in [-0.4, -0.2) is 15.1 Å². The predicted octanol–water partition coefficient (Wildman–Crippen LogP) is 3.62. The van der Waals surface area contributed by atoms with Gasteiger partial charge in [-0.1, -0.05) is 35.2 Å². The van der Waals surface area contributed by atoms with Gasteiger partial charge in [-0.3, -0.25) is 4.68 Å². The van der Waals surface area contributed by atoms with Crippen LogP contribution in [-0.2, 0) is 13.5 Å². The molecule has 1 heterocycles. The topological polar surface area (TPSA) is 17.8 Å². The Bertz CT molecular complexity index is 351. The molecule has 0 aromatic carbocycles. The fraction of sp³-hybridized carbons (Fsp3) is 0.769. The highest BCUT2D eigenvalue weighted by molar-refractivity contribution is 9.09. The summed E-state index contributed by atoms with van der Waals surface area (Å²) >= 11 is 3.73. The average molecular weight is 285 g/mol. The summed E-state index contributed by atoms with van der Waals surface area (Å²) in [5.41, 5.74) is 3.01. The summed E-state index contributed by atoms with van der Waals surface area (Å²) in [6, 6.07) is 2.24. The van der Waals surface area contributed by atoms with Crippen molar-refractivity contribution in [2.75, 3.05) is 5.33 Å². The highest BCUT2D eigenvalue weighted by Crippen LogP contribution is 2.40. The Balaban J connectivity index is 2.14. The van der Waals surface area contributed by atoms with Crippen molar-refractivity contribution >= 4 is 15.9 Å². The summed E-state index contributed by atoms with van der Waals surface area (Å²) < 4.78 is 2.05. The Morgan fingerprint density at radius 2 is 2.06 bits per heavy atom. The zero-order chi connectivity index (χ0) is 11.6. The van der Waals surface area contributed by atoms with E-state index in [1.54, 1.807) is 0 Å². The van der Waals surface area contributed by atoms with Gasteiger partial charge in [-0.25, -0.2) is 0 Å². The van der Waals surface area contributed by atoms with E-state index in [1.807, 2.05) is 4.68 Å². The van der Waals surface area contributed by atoms with Crippen molar-refractivity contribution in [3.63, 3.8) is 0 Å². The Morgan fingerprint density at radius 3 is 2.56 bits per heavy atom. The lowest BCUT2D eigenvalue weighted by molar-refractivity contribution is 0.219. The summed E-state index contributed by atoms with van der Waals surface area (Å²) in [4.78, 5) is 0. The minimum atomic E-state index is 0.485. The van der Waals surface area contributed by atoms with Gasteiger partial charge in [-0.15, -0.1) is 0 Å². The van der Waals surface area contributed by atoms with Gasteiger partial charge in [0.1, 0.15) is 0 Å². The minimum absolute atomic E-state index is 0.485.